The largest absolute Gasteiger partial charge is 0.481 e. The number of hydrogen-bond acceptors (Lipinski definition) is 2. The normalized spacial score (nSPS) is 11.6. The van der Waals surface area contributed by atoms with Gasteiger partial charge in [-0.05, 0) is 19.3 Å². The fraction of sp³-hybridized carbons (Fsp3) is 0.938. The van der Waals surface area contributed by atoms with Crippen molar-refractivity contribution >= 4 is 11.9 Å². The van der Waals surface area contributed by atoms with E-state index in [-0.39, 0.29) is 5.92 Å². The Balaban J connectivity index is 0. The highest BCUT2D eigenvalue weighted by Crippen LogP contribution is 2.16. The van der Waals surface area contributed by atoms with Crippen molar-refractivity contribution in [2.24, 2.45) is 5.92 Å². The Morgan fingerprint density at radius 1 is 0.472 bits per heavy atom. The van der Waals surface area contributed by atoms with Crippen LogP contribution in [0, 0.1) is 5.92 Å². The lowest BCUT2D eigenvalue weighted by Gasteiger charge is -2.08. The van der Waals surface area contributed by atoms with Crippen LogP contribution in [0.1, 0.15) is 188 Å². The minimum Gasteiger partial charge on any atom is -0.481 e. The van der Waals surface area contributed by atoms with E-state index in [9.17, 15) is 9.59 Å². The fourth-order valence-corrected chi connectivity index (χ4v) is 4.67. The zero-order valence-corrected chi connectivity index (χ0v) is 24.7. The van der Waals surface area contributed by atoms with Crippen molar-refractivity contribution < 1.29 is 19.8 Å². The van der Waals surface area contributed by atoms with Crippen LogP contribution in [0.15, 0.2) is 0 Å². The van der Waals surface area contributed by atoms with Gasteiger partial charge in [-0.25, -0.2) is 0 Å². The number of carboxylic acid groups (broad SMARTS) is 2. The third-order valence-corrected chi connectivity index (χ3v) is 7.24. The number of carboxylic acids is 2. The van der Waals surface area contributed by atoms with E-state index in [2.05, 4.69) is 13.8 Å². The zero-order chi connectivity index (χ0) is 27.1. The second kappa shape index (κ2) is 32.0. The Morgan fingerprint density at radius 2 is 0.778 bits per heavy atom. The lowest BCUT2D eigenvalue weighted by Crippen LogP contribution is -2.12. The highest BCUT2D eigenvalue weighted by molar-refractivity contribution is 5.69. The van der Waals surface area contributed by atoms with Crippen molar-refractivity contribution in [3.63, 3.8) is 0 Å². The van der Waals surface area contributed by atoms with E-state index in [0.717, 1.165) is 32.1 Å². The molecule has 1 atom stereocenters. The Morgan fingerprint density at radius 3 is 1.06 bits per heavy atom. The number of rotatable bonds is 27. The highest BCUT2D eigenvalue weighted by Gasteiger charge is 2.13. The maximum Gasteiger partial charge on any atom is 0.306 e. The Bertz CT molecular complexity index is 449. The minimum atomic E-state index is -0.653. The SMILES string of the molecule is CCCCCCCCCCC(CC)C(=O)O.CCCCCCCCCCCCCCCCCC(=O)O. The van der Waals surface area contributed by atoms with Crippen LogP contribution >= 0.6 is 0 Å². The van der Waals surface area contributed by atoms with Gasteiger partial charge in [-0.15, -0.1) is 0 Å². The molecule has 0 saturated heterocycles. The summed E-state index contributed by atoms with van der Waals surface area (Å²) >= 11 is 0. The van der Waals surface area contributed by atoms with Crippen LogP contribution in [0.4, 0.5) is 0 Å². The van der Waals surface area contributed by atoms with Gasteiger partial charge in [0.1, 0.15) is 0 Å². The first-order valence-corrected chi connectivity index (χ1v) is 15.9. The molecule has 0 saturated carbocycles. The Kier molecular flexibility index (Phi) is 32.9. The Hall–Kier alpha value is -1.06. The molecule has 1 unspecified atom stereocenters. The molecule has 0 rings (SSSR count). The van der Waals surface area contributed by atoms with Gasteiger partial charge in [0.05, 0.1) is 5.92 Å². The smallest absolute Gasteiger partial charge is 0.306 e. The second-order valence-electron chi connectivity index (χ2n) is 10.8. The third kappa shape index (κ3) is 32.9. The van der Waals surface area contributed by atoms with Crippen LogP contribution in [-0.2, 0) is 9.59 Å². The number of unbranched alkanes of at least 4 members (excludes halogenated alkanes) is 21. The molecule has 4 heteroatoms. The average Bonchev–Trinajstić information content (AvgIpc) is 2.85. The van der Waals surface area contributed by atoms with Gasteiger partial charge < -0.3 is 10.2 Å². The van der Waals surface area contributed by atoms with Crippen LogP contribution in [0.25, 0.3) is 0 Å². The molecule has 0 bridgehead atoms. The van der Waals surface area contributed by atoms with Gasteiger partial charge in [0.2, 0.25) is 0 Å². The molecule has 0 amide bonds. The molecule has 0 spiro atoms. The molecule has 0 aliphatic rings. The van der Waals surface area contributed by atoms with Gasteiger partial charge >= 0.3 is 11.9 Å². The topological polar surface area (TPSA) is 74.6 Å². The summed E-state index contributed by atoms with van der Waals surface area (Å²) in [4.78, 5) is 21.1. The van der Waals surface area contributed by atoms with Crippen LogP contribution in [0.3, 0.4) is 0 Å². The van der Waals surface area contributed by atoms with E-state index in [1.54, 1.807) is 0 Å². The van der Waals surface area contributed by atoms with Crippen molar-refractivity contribution in [2.45, 2.75) is 188 Å². The predicted octanol–water partition coefficient (Wildman–Crippen LogP) is 11.0. The minimum absolute atomic E-state index is 0.111. The van der Waals surface area contributed by atoms with E-state index in [0.29, 0.717) is 6.42 Å². The van der Waals surface area contributed by atoms with Crippen LogP contribution in [-0.4, -0.2) is 22.2 Å². The maximum atomic E-state index is 10.8. The van der Waals surface area contributed by atoms with Crippen molar-refractivity contribution in [1.29, 1.82) is 0 Å². The van der Waals surface area contributed by atoms with Gasteiger partial charge in [-0.2, -0.15) is 0 Å². The van der Waals surface area contributed by atoms with Crippen molar-refractivity contribution in [3.05, 3.63) is 0 Å². The molecule has 0 fully saturated rings. The van der Waals surface area contributed by atoms with Crippen LogP contribution in [0.5, 0.6) is 0 Å². The van der Waals surface area contributed by atoms with Gasteiger partial charge in [0, 0.05) is 6.42 Å². The van der Waals surface area contributed by atoms with E-state index >= 15 is 0 Å². The number of aliphatic carboxylic acids is 2. The summed E-state index contributed by atoms with van der Waals surface area (Å²) in [6.07, 6.45) is 32.1. The standard InChI is InChI=1S/C18H36O2.C14H28O2/c1-2-3-4-5-6-7-8-9-10-11-12-13-14-15-16-17-18(19)20;1-3-5-6-7-8-9-10-11-12-13(4-2)14(15)16/h2-17H2,1H3,(H,19,20);13H,3-12H2,1-2H3,(H,15,16). The summed E-state index contributed by atoms with van der Waals surface area (Å²) in [5, 5.41) is 17.4. The predicted molar refractivity (Wildman–Crippen MR) is 156 cm³/mol. The fourth-order valence-electron chi connectivity index (χ4n) is 4.67. The summed E-state index contributed by atoms with van der Waals surface area (Å²) in [5.41, 5.74) is 0. The molecule has 216 valence electrons. The summed E-state index contributed by atoms with van der Waals surface area (Å²) < 4.78 is 0. The second-order valence-corrected chi connectivity index (χ2v) is 10.8. The molecule has 0 aromatic rings. The van der Waals surface area contributed by atoms with Crippen LogP contribution < -0.4 is 0 Å². The lowest BCUT2D eigenvalue weighted by molar-refractivity contribution is -0.142. The molecule has 0 aliphatic carbocycles. The number of hydrogen-bond donors (Lipinski definition) is 2. The third-order valence-electron chi connectivity index (χ3n) is 7.24. The van der Waals surface area contributed by atoms with E-state index < -0.39 is 11.9 Å². The van der Waals surface area contributed by atoms with Crippen LogP contribution in [0.2, 0.25) is 0 Å². The summed E-state index contributed by atoms with van der Waals surface area (Å²) in [5.74, 6) is -1.38. The first-order valence-electron chi connectivity index (χ1n) is 15.9. The molecule has 36 heavy (non-hydrogen) atoms. The van der Waals surface area contributed by atoms with Crippen molar-refractivity contribution in [3.8, 4) is 0 Å². The lowest BCUT2D eigenvalue weighted by atomic mass is 9.98. The molecule has 0 radical (unpaired) electrons. The molecule has 2 N–H and O–H groups in total. The zero-order valence-electron chi connectivity index (χ0n) is 24.7. The van der Waals surface area contributed by atoms with E-state index in [1.165, 1.54) is 128 Å². The molecule has 0 aromatic heterocycles. The molecule has 0 aliphatic heterocycles. The summed E-state index contributed by atoms with van der Waals surface area (Å²) in [7, 11) is 0. The summed E-state index contributed by atoms with van der Waals surface area (Å²) in [6.45, 7) is 6.46. The first kappa shape index (κ1) is 37.1. The van der Waals surface area contributed by atoms with Gasteiger partial charge in [0.25, 0.3) is 0 Å². The quantitative estimate of drug-likeness (QED) is 0.107. The molecular formula is C32H64O4. The van der Waals surface area contributed by atoms with Gasteiger partial charge in [0.15, 0.2) is 0 Å². The number of carbonyl (C=O) groups is 2. The van der Waals surface area contributed by atoms with Crippen molar-refractivity contribution in [2.75, 3.05) is 0 Å². The maximum absolute atomic E-state index is 10.8. The highest BCUT2D eigenvalue weighted by atomic mass is 16.4. The first-order chi connectivity index (χ1) is 17.5. The van der Waals surface area contributed by atoms with Crippen molar-refractivity contribution in [1.82, 2.24) is 0 Å². The van der Waals surface area contributed by atoms with E-state index in [1.807, 2.05) is 6.92 Å². The Labute approximate surface area is 225 Å². The van der Waals surface area contributed by atoms with Gasteiger partial charge in [-0.3, -0.25) is 9.59 Å². The molecule has 0 aromatic carbocycles. The van der Waals surface area contributed by atoms with E-state index in [4.69, 9.17) is 10.2 Å². The summed E-state index contributed by atoms with van der Waals surface area (Å²) in [6, 6.07) is 0. The average molecular weight is 513 g/mol. The monoisotopic (exact) mass is 512 g/mol. The molecular weight excluding hydrogens is 448 g/mol. The molecule has 0 heterocycles. The molecule has 4 nitrogen and oxygen atoms in total. The van der Waals surface area contributed by atoms with Gasteiger partial charge in [-0.1, -0.05) is 162 Å².